The van der Waals surface area contributed by atoms with Crippen LogP contribution < -0.4 is 0 Å². The molecule has 802 valence electrons. The van der Waals surface area contributed by atoms with E-state index in [1.165, 1.54) is 121 Å². The first-order valence-electron chi connectivity index (χ1n) is 50.8. The van der Waals surface area contributed by atoms with E-state index >= 15 is 0 Å². The Morgan fingerprint density at radius 1 is 0.444 bits per heavy atom. The van der Waals surface area contributed by atoms with Crippen molar-refractivity contribution >= 4 is 130 Å². The van der Waals surface area contributed by atoms with Crippen LogP contribution in [0, 0.1) is 40.4 Å². The molecular formula is C117H181BrClFN12O3S9. The molecule has 15 aromatic heterocycles. The van der Waals surface area contributed by atoms with Crippen LogP contribution in [-0.2, 0) is 47.1 Å². The average Bonchev–Trinajstić information content (AvgIpc) is 1.67. The first-order valence-corrected chi connectivity index (χ1v) is 59.9. The molecular weight excluding hydrogens is 2040 g/mol. The van der Waals surface area contributed by atoms with E-state index in [9.17, 15) is 4.39 Å². The number of thiophene rings is 4. The maximum absolute atomic E-state index is 12.6. The van der Waals surface area contributed by atoms with Gasteiger partial charge in [-0.25, -0.2) is 39.3 Å². The van der Waals surface area contributed by atoms with Crippen molar-refractivity contribution in [1.29, 1.82) is 0 Å². The number of aromatic amines is 1. The number of thiazole rings is 5. The number of hydrogen-bond acceptors (Lipinski definition) is 21. The number of aromatic nitrogens is 12. The number of nitrogens with zero attached hydrogens (tertiary/aromatic N) is 11. The minimum Gasteiger partial charge on any atom is -0.469 e. The molecule has 144 heavy (non-hydrogen) atoms. The zero-order valence-electron chi connectivity index (χ0n) is 96.1. The molecule has 0 unspecified atom stereocenters. The molecule has 0 aliphatic heterocycles. The molecule has 1 fully saturated rings. The summed E-state index contributed by atoms with van der Waals surface area (Å²) >= 11 is 25.1. The summed E-state index contributed by atoms with van der Waals surface area (Å²) in [5, 5.41) is 16.9. The predicted molar refractivity (Wildman–Crippen MR) is 638 cm³/mol. The fraction of sp³-hybridized carbons (Fsp3) is 0.564. The topological polar surface area (TPSA) is 181 Å². The summed E-state index contributed by atoms with van der Waals surface area (Å²) < 4.78 is 33.1. The maximum Gasteiger partial charge on any atom is 0.181 e. The number of halogens is 3. The Hall–Kier alpha value is -6.95. The van der Waals surface area contributed by atoms with Gasteiger partial charge in [-0.15, -0.1) is 102 Å². The van der Waals surface area contributed by atoms with Gasteiger partial charge in [0.2, 0.25) is 0 Å². The number of furan rings is 1. The van der Waals surface area contributed by atoms with Gasteiger partial charge in [0.1, 0.15) is 29.4 Å². The Morgan fingerprint density at radius 3 is 1.22 bits per heavy atom. The summed E-state index contributed by atoms with van der Waals surface area (Å²) in [7, 11) is 1.97. The molecule has 1 aliphatic rings. The van der Waals surface area contributed by atoms with Gasteiger partial charge in [-0.05, 0) is 260 Å². The quantitative estimate of drug-likeness (QED) is 0.109. The number of nitrogens with one attached hydrogen (secondary N) is 1. The summed E-state index contributed by atoms with van der Waals surface area (Å²) in [5.74, 6) is 10.5. The van der Waals surface area contributed by atoms with Crippen LogP contribution in [0.3, 0.4) is 0 Å². The van der Waals surface area contributed by atoms with Crippen LogP contribution in [0.5, 0.6) is 0 Å². The van der Waals surface area contributed by atoms with Gasteiger partial charge in [0, 0.05) is 114 Å². The van der Waals surface area contributed by atoms with Crippen LogP contribution in [-0.4, -0.2) is 59.4 Å². The van der Waals surface area contributed by atoms with Gasteiger partial charge in [0.15, 0.2) is 6.39 Å². The van der Waals surface area contributed by atoms with E-state index in [2.05, 4.69) is 370 Å². The molecule has 0 amide bonds. The van der Waals surface area contributed by atoms with Gasteiger partial charge in [0.25, 0.3) is 0 Å². The second-order valence-electron chi connectivity index (χ2n) is 43.9. The van der Waals surface area contributed by atoms with Crippen LogP contribution in [0.2, 0.25) is 5.02 Å². The molecule has 15 heterocycles. The summed E-state index contributed by atoms with van der Waals surface area (Å²) in [6, 6.07) is 17.9. The molecule has 1 saturated carbocycles. The number of hydrogen-bond donors (Lipinski definition) is 1. The molecule has 15 nitrogen and oxygen atoms in total. The number of oxazole rings is 1. The number of aryl methyl sites for hydroxylation is 8. The van der Waals surface area contributed by atoms with E-state index < -0.39 is 0 Å². The van der Waals surface area contributed by atoms with E-state index in [0.29, 0.717) is 59.2 Å². The normalized spacial score (nSPS) is 11.7. The molecule has 0 spiro atoms. The lowest BCUT2D eigenvalue weighted by Gasteiger charge is -2.21. The first-order chi connectivity index (χ1) is 67.0. The zero-order chi connectivity index (χ0) is 110. The van der Waals surface area contributed by atoms with E-state index in [1.807, 2.05) is 157 Å². The molecule has 1 aliphatic carbocycles. The number of imidazole rings is 1. The molecule has 16 rings (SSSR count). The smallest absolute Gasteiger partial charge is 0.181 e. The van der Waals surface area contributed by atoms with E-state index in [-0.39, 0.29) is 33.0 Å². The largest absolute Gasteiger partial charge is 0.469 e. The number of rotatable bonds is 14. The first kappa shape index (κ1) is 133. The predicted octanol–water partition coefficient (Wildman–Crippen LogP) is 41.1. The van der Waals surface area contributed by atoms with Crippen molar-refractivity contribution < 1.29 is 17.7 Å². The van der Waals surface area contributed by atoms with Gasteiger partial charge in [0.05, 0.1) is 78.7 Å². The Kier molecular flexibility index (Phi) is 60.9. The highest BCUT2D eigenvalue weighted by Crippen LogP contribution is 2.45. The second kappa shape index (κ2) is 65.9. The lowest BCUT2D eigenvalue weighted by Crippen LogP contribution is -2.21. The third kappa shape index (κ3) is 49.2. The Balaban J connectivity index is 0.000000522. The third-order valence-electron chi connectivity index (χ3n) is 21.7. The van der Waals surface area contributed by atoms with E-state index in [1.54, 1.807) is 96.4 Å². The third-order valence-corrected chi connectivity index (χ3v) is 34.2. The van der Waals surface area contributed by atoms with Gasteiger partial charge in [-0.1, -0.05) is 266 Å². The highest BCUT2D eigenvalue weighted by Gasteiger charge is 2.28. The molecule has 15 aromatic rings. The molecule has 0 bridgehead atoms. The standard InChI is InChI=1S/C10H14S.2C9H15NS.C8H14N2.2C8H13NO.2C8H13NS.C7H9BrS.C7H9ClS.C7H9FS.C7H12N2.C7H11NS.C7H11N.C7H10O/c1-7(2)10-9(5-6-11-10)8-3-4-8;1-6(2)8-9(7(3)4)11-5-10-8;1-5-7-8(9(2,3)4)11-6-10-7;1-7-9-5-6-10(7)8(2,3)4;1-6-7(8(2,3)4)10-5-9-6;1-6-7(5-10-9-6)8(2,3)4;1-6-7(8(2,3)4)10-5-9-6;1-4-7-8(6(2)3)10-5-9-7;3*1-5(2)7-6(8)3-4-9-7;1-6(2)7-4-5-8-9(7)3;1-5(2)7-6(3)8-4-9-7;2*1-6(2)7-4-3-5-8-7/h5-8H,3-4H2,1-2H3;5-7H,1-4H3;6H,5H2,1-4H3;5-6H,1-4H3;3*5H,1-4H3;5-6H,4H2,1-3H3;3*3-5H,1-2H3;4-6H,1-3H3;4-5H,1-3H3;3-6,8H,1-2H3;3-6H,1-2H3. The van der Waals surface area contributed by atoms with Gasteiger partial charge >= 0.3 is 0 Å². The van der Waals surface area contributed by atoms with Crippen LogP contribution in [0.15, 0.2) is 165 Å². The summed E-state index contributed by atoms with van der Waals surface area (Å²) in [6.45, 7) is 94.8. The second-order valence-corrected chi connectivity index (χ2v) is 53.3. The highest BCUT2D eigenvalue weighted by molar-refractivity contribution is 9.10. The van der Waals surface area contributed by atoms with Gasteiger partial charge < -0.3 is 22.9 Å². The summed E-state index contributed by atoms with van der Waals surface area (Å²) in [4.78, 5) is 44.9. The molecule has 0 saturated heterocycles. The SMILES string of the molecule is CC(C)c1ccc[nH]1.CC(C)c1ccco1.CC(C)c1ccnn1C.CC(C)c1ncsc1C(C)C.CC(C)c1sccc1Br.CC(C)c1sccc1C1CC1.CC(C)c1sccc1Cl.CC(C)c1sccc1F.CCc1ncsc1C(C)(C)C.CCc1ncsc1C(C)C.Cc1nccn1C(C)(C)C.Cc1ncoc1C(C)(C)C.Cc1ncsc1C(C)(C)C.Cc1ncsc1C(C)C.Cc1nocc1C(C)(C)C. The molecule has 1 N–H and O–H groups in total. The van der Waals surface area contributed by atoms with Crippen LogP contribution in [0.25, 0.3) is 0 Å². The van der Waals surface area contributed by atoms with Gasteiger partial charge in [-0.3, -0.25) is 4.68 Å². The van der Waals surface area contributed by atoms with E-state index in [4.69, 9.17) is 25.0 Å². The average molecular weight is 2230 g/mol. The number of H-pyrrole nitrogens is 1. The van der Waals surface area contributed by atoms with Crippen molar-refractivity contribution in [2.45, 2.75) is 429 Å². The summed E-state index contributed by atoms with van der Waals surface area (Å²) in [5.41, 5.74) is 24.2. The van der Waals surface area contributed by atoms with Crippen molar-refractivity contribution in [3.8, 4) is 0 Å². The van der Waals surface area contributed by atoms with E-state index in [0.717, 1.165) is 63.3 Å². The van der Waals surface area contributed by atoms with Crippen molar-refractivity contribution in [2.24, 2.45) is 7.05 Å². The summed E-state index contributed by atoms with van der Waals surface area (Å²) in [6.07, 6.45) is 17.5. The monoisotopic (exact) mass is 2220 g/mol. The van der Waals surface area contributed by atoms with Crippen molar-refractivity contribution in [3.05, 3.63) is 286 Å². The Morgan fingerprint density at radius 2 is 0.944 bits per heavy atom. The fourth-order valence-corrected chi connectivity index (χ4v) is 23.7. The molecule has 27 heteroatoms. The van der Waals surface area contributed by atoms with Crippen molar-refractivity contribution in [2.75, 3.05) is 0 Å². The van der Waals surface area contributed by atoms with Crippen LogP contribution >= 0.6 is 130 Å². The molecule has 0 radical (unpaired) electrons. The lowest BCUT2D eigenvalue weighted by molar-refractivity contribution is 0.388. The Bertz CT molecular complexity index is 5200. The molecule has 0 aromatic carbocycles. The van der Waals surface area contributed by atoms with Crippen LogP contribution in [0.1, 0.15) is 477 Å². The van der Waals surface area contributed by atoms with Crippen molar-refractivity contribution in [3.63, 3.8) is 0 Å². The maximum atomic E-state index is 12.6. The van der Waals surface area contributed by atoms with Gasteiger partial charge in [-0.2, -0.15) is 5.10 Å². The minimum atomic E-state index is -0.0602. The highest BCUT2D eigenvalue weighted by atomic mass is 79.9. The minimum absolute atomic E-state index is 0.0602. The zero-order valence-corrected chi connectivity index (χ0v) is 106. The Labute approximate surface area is 920 Å². The molecule has 0 atom stereocenters. The van der Waals surface area contributed by atoms with Crippen LogP contribution in [0.4, 0.5) is 4.39 Å². The fourth-order valence-electron chi connectivity index (χ4n) is 14.2. The lowest BCUT2D eigenvalue weighted by atomic mass is 9.88. The van der Waals surface area contributed by atoms with Crippen molar-refractivity contribution in [1.82, 2.24) is 59.4 Å².